The normalized spacial score (nSPS) is 11.0. The van der Waals surface area contributed by atoms with Crippen LogP contribution in [0.1, 0.15) is 24.5 Å². The van der Waals surface area contributed by atoms with E-state index in [1.54, 1.807) is 34.6 Å². The zero-order valence-electron chi connectivity index (χ0n) is 19.9. The maximum absolute atomic E-state index is 14.0. The van der Waals surface area contributed by atoms with E-state index in [9.17, 15) is 4.39 Å². The summed E-state index contributed by atoms with van der Waals surface area (Å²) in [5.41, 5.74) is 2.50. The molecule has 0 saturated heterocycles. The molecule has 0 aliphatic carbocycles. The first kappa shape index (κ1) is 26.1. The van der Waals surface area contributed by atoms with Crippen molar-refractivity contribution in [2.24, 2.45) is 0 Å². The number of aromatic nitrogens is 4. The maximum atomic E-state index is 14.0. The summed E-state index contributed by atoms with van der Waals surface area (Å²) in [5.74, 6) is 1.79. The SMILES string of the molecule is CCOc1cc(CNCCCSc2nnnn2-c2ccccc2)cc(Br)c1OCc1ccccc1F. The first-order valence-electron chi connectivity index (χ1n) is 11.6. The molecule has 0 radical (unpaired) electrons. The van der Waals surface area contributed by atoms with Crippen LogP contribution in [0.25, 0.3) is 5.69 Å². The summed E-state index contributed by atoms with van der Waals surface area (Å²) in [6, 6.07) is 20.4. The van der Waals surface area contributed by atoms with Crippen LogP contribution in [0.4, 0.5) is 4.39 Å². The Kier molecular flexibility index (Phi) is 9.71. The standard InChI is InChI=1S/C26H27BrFN5O2S/c1-2-34-24-16-19(15-22(27)25(24)35-18-20-9-6-7-12-23(20)28)17-29-13-8-14-36-26-30-31-32-33(26)21-10-4-3-5-11-21/h3-7,9-12,15-16,29H,2,8,13-14,17-18H2,1H3. The molecule has 0 aliphatic heterocycles. The van der Waals surface area contributed by atoms with Crippen LogP contribution < -0.4 is 14.8 Å². The van der Waals surface area contributed by atoms with E-state index in [0.29, 0.717) is 30.2 Å². The van der Waals surface area contributed by atoms with Gasteiger partial charge >= 0.3 is 0 Å². The summed E-state index contributed by atoms with van der Waals surface area (Å²) >= 11 is 5.22. The third-order valence-corrected chi connectivity index (χ3v) is 6.79. The highest BCUT2D eigenvalue weighted by Gasteiger charge is 2.14. The average Bonchev–Trinajstić information content (AvgIpc) is 3.36. The lowest BCUT2D eigenvalue weighted by Gasteiger charge is -2.16. The van der Waals surface area contributed by atoms with Crippen molar-refractivity contribution in [3.05, 3.63) is 88.1 Å². The summed E-state index contributed by atoms with van der Waals surface area (Å²) < 4.78 is 28.2. The van der Waals surface area contributed by atoms with Gasteiger partial charge in [-0.3, -0.25) is 0 Å². The number of nitrogens with one attached hydrogen (secondary N) is 1. The van der Waals surface area contributed by atoms with Crippen molar-refractivity contribution in [1.82, 2.24) is 25.5 Å². The molecule has 0 bridgehead atoms. The third kappa shape index (κ3) is 7.05. The van der Waals surface area contributed by atoms with Gasteiger partial charge in [-0.15, -0.1) is 5.10 Å². The van der Waals surface area contributed by atoms with Crippen LogP contribution in [0.5, 0.6) is 11.5 Å². The topological polar surface area (TPSA) is 74.1 Å². The Bertz CT molecular complexity index is 1260. The first-order valence-corrected chi connectivity index (χ1v) is 13.4. The first-order chi connectivity index (χ1) is 17.7. The van der Waals surface area contributed by atoms with E-state index >= 15 is 0 Å². The Hall–Kier alpha value is -2.95. The molecule has 188 valence electrons. The molecule has 4 rings (SSSR count). The molecule has 36 heavy (non-hydrogen) atoms. The van der Waals surface area contributed by atoms with Crippen LogP contribution in [0, 0.1) is 5.82 Å². The van der Waals surface area contributed by atoms with E-state index in [1.807, 2.05) is 49.4 Å². The quantitative estimate of drug-likeness (QED) is 0.160. The number of halogens is 2. The van der Waals surface area contributed by atoms with Crippen molar-refractivity contribution in [3.63, 3.8) is 0 Å². The highest BCUT2D eigenvalue weighted by Crippen LogP contribution is 2.37. The molecule has 0 atom stereocenters. The zero-order chi connectivity index (χ0) is 25.2. The van der Waals surface area contributed by atoms with E-state index in [0.717, 1.165) is 39.6 Å². The number of thioether (sulfide) groups is 1. The molecule has 0 amide bonds. The van der Waals surface area contributed by atoms with Crippen LogP contribution >= 0.6 is 27.7 Å². The maximum Gasteiger partial charge on any atom is 0.214 e. The Morgan fingerprint density at radius 2 is 1.86 bits per heavy atom. The minimum absolute atomic E-state index is 0.119. The Morgan fingerprint density at radius 1 is 1.06 bits per heavy atom. The minimum atomic E-state index is -0.290. The number of ether oxygens (including phenoxy) is 2. The van der Waals surface area contributed by atoms with Crippen LogP contribution in [-0.2, 0) is 13.2 Å². The van der Waals surface area contributed by atoms with Gasteiger partial charge in [0.15, 0.2) is 11.5 Å². The van der Waals surface area contributed by atoms with Gasteiger partial charge in [0, 0.05) is 17.9 Å². The van der Waals surface area contributed by atoms with Crippen molar-refractivity contribution in [2.45, 2.75) is 31.7 Å². The average molecular weight is 573 g/mol. The smallest absolute Gasteiger partial charge is 0.214 e. The highest BCUT2D eigenvalue weighted by atomic mass is 79.9. The van der Waals surface area contributed by atoms with E-state index in [2.05, 4.69) is 36.8 Å². The van der Waals surface area contributed by atoms with E-state index in [4.69, 9.17) is 9.47 Å². The highest BCUT2D eigenvalue weighted by molar-refractivity contribution is 9.10. The summed E-state index contributed by atoms with van der Waals surface area (Å²) in [6.07, 6.45) is 0.954. The molecule has 4 aromatic rings. The molecule has 1 aromatic heterocycles. The number of rotatable bonds is 13. The molecule has 1 N–H and O–H groups in total. The van der Waals surface area contributed by atoms with Gasteiger partial charge in [0.1, 0.15) is 12.4 Å². The number of benzene rings is 3. The van der Waals surface area contributed by atoms with Gasteiger partial charge < -0.3 is 14.8 Å². The van der Waals surface area contributed by atoms with Crippen molar-refractivity contribution >= 4 is 27.7 Å². The van der Waals surface area contributed by atoms with Crippen LogP contribution in [0.3, 0.4) is 0 Å². The fourth-order valence-corrected chi connectivity index (χ4v) is 4.92. The largest absolute Gasteiger partial charge is 0.490 e. The molecular formula is C26H27BrFN5O2S. The second-order valence-corrected chi connectivity index (χ2v) is 9.72. The van der Waals surface area contributed by atoms with Gasteiger partial charge in [0.2, 0.25) is 5.16 Å². The molecule has 1 heterocycles. The Balaban J connectivity index is 1.27. The van der Waals surface area contributed by atoms with Crippen molar-refractivity contribution in [2.75, 3.05) is 18.9 Å². The van der Waals surface area contributed by atoms with Crippen molar-refractivity contribution in [3.8, 4) is 17.2 Å². The minimum Gasteiger partial charge on any atom is -0.490 e. The number of nitrogens with zero attached hydrogens (tertiary/aromatic N) is 4. The second-order valence-electron chi connectivity index (χ2n) is 7.81. The van der Waals surface area contributed by atoms with Gasteiger partial charge in [0.05, 0.1) is 16.8 Å². The molecule has 0 saturated carbocycles. The van der Waals surface area contributed by atoms with Crippen molar-refractivity contribution < 1.29 is 13.9 Å². The van der Waals surface area contributed by atoms with Gasteiger partial charge in [-0.1, -0.05) is 48.2 Å². The van der Waals surface area contributed by atoms with Crippen LogP contribution in [0.15, 0.2) is 76.4 Å². The molecule has 7 nitrogen and oxygen atoms in total. The summed E-state index contributed by atoms with van der Waals surface area (Å²) in [7, 11) is 0. The number of hydrogen-bond donors (Lipinski definition) is 1. The predicted molar refractivity (Wildman–Crippen MR) is 142 cm³/mol. The van der Waals surface area contributed by atoms with Crippen LogP contribution in [-0.4, -0.2) is 39.1 Å². The lowest BCUT2D eigenvalue weighted by Crippen LogP contribution is -2.15. The Morgan fingerprint density at radius 3 is 2.67 bits per heavy atom. The fourth-order valence-electron chi connectivity index (χ4n) is 3.49. The predicted octanol–water partition coefficient (Wildman–Crippen LogP) is 5.81. The van der Waals surface area contributed by atoms with Gasteiger partial charge in [0.25, 0.3) is 0 Å². The molecule has 0 unspecified atom stereocenters. The number of para-hydroxylation sites is 1. The molecular weight excluding hydrogens is 545 g/mol. The van der Waals surface area contributed by atoms with E-state index in [-0.39, 0.29) is 12.4 Å². The van der Waals surface area contributed by atoms with Gasteiger partial charge in [-0.2, -0.15) is 4.68 Å². The molecule has 0 aliphatic rings. The molecule has 10 heteroatoms. The van der Waals surface area contributed by atoms with Crippen LogP contribution in [0.2, 0.25) is 0 Å². The number of hydrogen-bond acceptors (Lipinski definition) is 7. The number of tetrazole rings is 1. The lowest BCUT2D eigenvalue weighted by atomic mass is 10.2. The monoisotopic (exact) mass is 571 g/mol. The summed E-state index contributed by atoms with van der Waals surface area (Å²) in [4.78, 5) is 0. The molecule has 0 fully saturated rings. The summed E-state index contributed by atoms with van der Waals surface area (Å²) in [6.45, 7) is 4.06. The van der Waals surface area contributed by atoms with Crippen molar-refractivity contribution in [1.29, 1.82) is 0 Å². The van der Waals surface area contributed by atoms with E-state index < -0.39 is 0 Å². The third-order valence-electron chi connectivity index (χ3n) is 5.20. The van der Waals surface area contributed by atoms with E-state index in [1.165, 1.54) is 6.07 Å². The zero-order valence-corrected chi connectivity index (χ0v) is 22.3. The summed E-state index contributed by atoms with van der Waals surface area (Å²) in [5, 5.41) is 16.3. The molecule has 3 aromatic carbocycles. The second kappa shape index (κ2) is 13.4. The lowest BCUT2D eigenvalue weighted by molar-refractivity contribution is 0.264. The fraction of sp³-hybridized carbons (Fsp3) is 0.269. The molecule has 0 spiro atoms. The Labute approximate surface area is 222 Å². The van der Waals surface area contributed by atoms with Gasteiger partial charge in [-0.25, -0.2) is 4.39 Å². The van der Waals surface area contributed by atoms with Gasteiger partial charge in [-0.05, 0) is 82.1 Å².